The fourth-order valence-electron chi connectivity index (χ4n) is 3.22. The molecule has 0 atom stereocenters. The van der Waals surface area contributed by atoms with Gasteiger partial charge in [0.15, 0.2) is 17.2 Å². The molecule has 0 bridgehead atoms. The Labute approximate surface area is 178 Å². The molecule has 4 aromatic rings. The molecule has 0 aliphatic rings. The lowest BCUT2D eigenvalue weighted by molar-refractivity contribution is -0.274. The van der Waals surface area contributed by atoms with E-state index in [0.717, 1.165) is 6.20 Å². The van der Waals surface area contributed by atoms with E-state index in [-0.39, 0.29) is 22.6 Å². The first-order valence-electron chi connectivity index (χ1n) is 9.27. The fourth-order valence-corrected chi connectivity index (χ4v) is 3.22. The van der Waals surface area contributed by atoms with Crippen LogP contribution in [0.25, 0.3) is 16.9 Å². The van der Waals surface area contributed by atoms with E-state index in [4.69, 9.17) is 0 Å². The second-order valence-electron chi connectivity index (χ2n) is 6.85. The number of para-hydroxylation sites is 1. The number of ether oxygens (including phenoxy) is 1. The molecule has 0 spiro atoms. The van der Waals surface area contributed by atoms with Gasteiger partial charge in [-0.15, -0.1) is 13.2 Å². The van der Waals surface area contributed by atoms with Crippen molar-refractivity contribution >= 4 is 17.2 Å². The fraction of sp³-hybridized carbons (Fsp3) is 0.143. The number of aromatic nitrogens is 4. The van der Waals surface area contributed by atoms with Gasteiger partial charge in [0, 0.05) is 11.8 Å². The lowest BCUT2D eigenvalue weighted by atomic mass is 10.1. The number of nitrogens with one attached hydrogen (secondary N) is 1. The molecular weight excluding hydrogens is 430 g/mol. The summed E-state index contributed by atoms with van der Waals surface area (Å²) in [5.41, 5.74) is 1.34. The molecular formula is C21H15F4N5O2. The van der Waals surface area contributed by atoms with E-state index in [2.05, 4.69) is 25.1 Å². The van der Waals surface area contributed by atoms with Crippen LogP contribution in [-0.2, 0) is 0 Å². The van der Waals surface area contributed by atoms with E-state index >= 15 is 0 Å². The third-order valence-corrected chi connectivity index (χ3v) is 4.57. The molecule has 0 saturated heterocycles. The maximum atomic E-state index is 13.9. The highest BCUT2D eigenvalue weighted by Gasteiger charge is 2.32. The number of benzene rings is 1. The third kappa shape index (κ3) is 4.09. The van der Waals surface area contributed by atoms with Crippen LogP contribution >= 0.6 is 0 Å². The van der Waals surface area contributed by atoms with Crippen LogP contribution in [-0.4, -0.2) is 31.9 Å². The zero-order valence-electron chi connectivity index (χ0n) is 16.7. The van der Waals surface area contributed by atoms with Crippen LogP contribution in [0.2, 0.25) is 0 Å². The number of carbonyl (C=O) groups is 1. The van der Waals surface area contributed by atoms with Gasteiger partial charge in [-0.1, -0.05) is 12.1 Å². The molecule has 3 aromatic heterocycles. The van der Waals surface area contributed by atoms with Crippen molar-refractivity contribution in [3.63, 3.8) is 0 Å². The molecule has 0 saturated carbocycles. The van der Waals surface area contributed by atoms with Gasteiger partial charge in [0.05, 0.1) is 23.3 Å². The monoisotopic (exact) mass is 445 g/mol. The summed E-state index contributed by atoms with van der Waals surface area (Å²) >= 11 is 0. The molecule has 0 fully saturated rings. The van der Waals surface area contributed by atoms with Crippen molar-refractivity contribution < 1.29 is 27.1 Å². The van der Waals surface area contributed by atoms with Gasteiger partial charge in [-0.25, -0.2) is 13.9 Å². The summed E-state index contributed by atoms with van der Waals surface area (Å²) in [6.07, 6.45) is -2.62. The molecule has 3 heterocycles. The second-order valence-corrected chi connectivity index (χ2v) is 6.85. The third-order valence-electron chi connectivity index (χ3n) is 4.57. The Morgan fingerprint density at radius 2 is 1.91 bits per heavy atom. The van der Waals surface area contributed by atoms with Crippen molar-refractivity contribution in [3.8, 4) is 17.0 Å². The van der Waals surface area contributed by atoms with Crippen LogP contribution in [0.3, 0.4) is 0 Å². The Hall–Kier alpha value is -4.02. The van der Waals surface area contributed by atoms with Crippen LogP contribution in [0.1, 0.15) is 21.7 Å². The van der Waals surface area contributed by atoms with Gasteiger partial charge in [-0.2, -0.15) is 5.10 Å². The van der Waals surface area contributed by atoms with Gasteiger partial charge in [0.1, 0.15) is 5.75 Å². The number of anilines is 1. The molecule has 0 aliphatic heterocycles. The molecule has 0 unspecified atom stereocenters. The SMILES string of the molecule is Cc1nc2c(C)cc(-c3ccccc3OC(F)(F)F)nn2c1C(=O)Nc1ccncc1F. The Morgan fingerprint density at radius 1 is 1.16 bits per heavy atom. The van der Waals surface area contributed by atoms with Gasteiger partial charge >= 0.3 is 6.36 Å². The lowest BCUT2D eigenvalue weighted by Crippen LogP contribution is -2.18. The largest absolute Gasteiger partial charge is 0.573 e. The number of nitrogens with zero attached hydrogens (tertiary/aromatic N) is 4. The number of carbonyl (C=O) groups excluding carboxylic acids is 1. The predicted molar refractivity (Wildman–Crippen MR) is 107 cm³/mol. The zero-order valence-corrected chi connectivity index (χ0v) is 16.7. The van der Waals surface area contributed by atoms with Crippen molar-refractivity contribution in [1.29, 1.82) is 0 Å². The Kier molecular flexibility index (Phi) is 5.25. The topological polar surface area (TPSA) is 81.4 Å². The number of pyridine rings is 1. The molecule has 1 N–H and O–H groups in total. The highest BCUT2D eigenvalue weighted by atomic mass is 19.4. The van der Waals surface area contributed by atoms with Gasteiger partial charge < -0.3 is 10.1 Å². The number of hydrogen-bond donors (Lipinski definition) is 1. The molecule has 1 aromatic carbocycles. The van der Waals surface area contributed by atoms with Crippen molar-refractivity contribution in [3.05, 3.63) is 71.6 Å². The van der Waals surface area contributed by atoms with Gasteiger partial charge in [-0.3, -0.25) is 9.78 Å². The van der Waals surface area contributed by atoms with Gasteiger partial charge in [0.2, 0.25) is 0 Å². The summed E-state index contributed by atoms with van der Waals surface area (Å²) in [5, 5.41) is 6.78. The van der Waals surface area contributed by atoms with Crippen LogP contribution in [0.5, 0.6) is 5.75 Å². The van der Waals surface area contributed by atoms with E-state index in [0.29, 0.717) is 16.9 Å². The maximum Gasteiger partial charge on any atom is 0.573 e. The predicted octanol–water partition coefficient (Wildman–Crippen LogP) is 4.70. The van der Waals surface area contributed by atoms with E-state index in [1.807, 2.05) is 0 Å². The van der Waals surface area contributed by atoms with Gasteiger partial charge in [-0.05, 0) is 43.7 Å². The smallest absolute Gasteiger partial charge is 0.405 e. The second kappa shape index (κ2) is 7.91. The minimum atomic E-state index is -4.89. The van der Waals surface area contributed by atoms with Gasteiger partial charge in [0.25, 0.3) is 5.91 Å². The number of hydrogen-bond acceptors (Lipinski definition) is 5. The number of halogens is 4. The van der Waals surface area contributed by atoms with Crippen LogP contribution < -0.4 is 10.1 Å². The normalized spacial score (nSPS) is 11.6. The molecule has 11 heteroatoms. The standard InChI is InChI=1S/C21H15F4N5O2/c1-11-9-16(13-5-3-4-6-17(13)32-21(23,24)25)29-30-18(12(2)27-19(11)30)20(31)28-15-7-8-26-10-14(15)22/h3-10H,1-2H3,(H,26,28,31). The van der Waals surface area contributed by atoms with Crippen LogP contribution in [0.4, 0.5) is 23.2 Å². The highest BCUT2D eigenvalue weighted by Crippen LogP contribution is 2.33. The number of imidazole rings is 1. The van der Waals surface area contributed by atoms with E-state index in [1.54, 1.807) is 26.0 Å². The zero-order chi connectivity index (χ0) is 23.0. The minimum absolute atomic E-state index is 0.00961. The quantitative estimate of drug-likeness (QED) is 0.461. The average molecular weight is 445 g/mol. The number of aryl methyl sites for hydroxylation is 2. The first-order chi connectivity index (χ1) is 15.1. The number of alkyl halides is 3. The first-order valence-corrected chi connectivity index (χ1v) is 9.27. The summed E-state index contributed by atoms with van der Waals surface area (Å²) < 4.78 is 57.8. The molecule has 32 heavy (non-hydrogen) atoms. The van der Waals surface area contributed by atoms with Crippen molar-refractivity contribution in [2.75, 3.05) is 5.32 Å². The van der Waals surface area contributed by atoms with Crippen molar-refractivity contribution in [2.45, 2.75) is 20.2 Å². The number of fused-ring (bicyclic) bond motifs is 1. The summed E-state index contributed by atoms with van der Waals surface area (Å²) in [7, 11) is 0. The Morgan fingerprint density at radius 3 is 2.62 bits per heavy atom. The molecule has 164 valence electrons. The van der Waals surface area contributed by atoms with Crippen molar-refractivity contribution in [1.82, 2.24) is 19.6 Å². The highest BCUT2D eigenvalue weighted by molar-refractivity contribution is 6.04. The van der Waals surface area contributed by atoms with Crippen LogP contribution in [0.15, 0.2) is 48.8 Å². The van der Waals surface area contributed by atoms with Crippen LogP contribution in [0, 0.1) is 19.7 Å². The summed E-state index contributed by atoms with van der Waals surface area (Å²) in [5.74, 6) is -1.85. The van der Waals surface area contributed by atoms with E-state index in [9.17, 15) is 22.4 Å². The van der Waals surface area contributed by atoms with E-state index in [1.165, 1.54) is 35.0 Å². The summed E-state index contributed by atoms with van der Waals surface area (Å²) in [6, 6.07) is 8.37. The Balaban J connectivity index is 1.83. The molecule has 0 radical (unpaired) electrons. The minimum Gasteiger partial charge on any atom is -0.405 e. The Bertz CT molecular complexity index is 1330. The van der Waals surface area contributed by atoms with E-state index < -0.39 is 23.8 Å². The molecule has 1 amide bonds. The molecule has 7 nitrogen and oxygen atoms in total. The average Bonchev–Trinajstić information content (AvgIpc) is 3.05. The molecule has 4 rings (SSSR count). The summed E-state index contributed by atoms with van der Waals surface area (Å²) in [6.45, 7) is 3.26. The number of amides is 1. The first kappa shape index (κ1) is 21.2. The number of rotatable bonds is 4. The maximum absolute atomic E-state index is 13.9. The van der Waals surface area contributed by atoms with Crippen molar-refractivity contribution in [2.24, 2.45) is 0 Å². The summed E-state index contributed by atoms with van der Waals surface area (Å²) in [4.78, 5) is 20.9. The molecule has 0 aliphatic carbocycles. The lowest BCUT2D eigenvalue weighted by Gasteiger charge is -2.13.